The first-order valence-corrected chi connectivity index (χ1v) is 8.31. The molecular formula is C17H26N2O5. The van der Waals surface area contributed by atoms with E-state index in [2.05, 4.69) is 17.3 Å². The van der Waals surface area contributed by atoms with Crippen molar-refractivity contribution in [3.63, 3.8) is 0 Å². The van der Waals surface area contributed by atoms with Crippen molar-refractivity contribution in [3.05, 3.63) is 17.7 Å². The molecule has 0 aliphatic carbocycles. The van der Waals surface area contributed by atoms with E-state index >= 15 is 0 Å². The molecule has 0 aromatic heterocycles. The van der Waals surface area contributed by atoms with Crippen LogP contribution in [0.2, 0.25) is 0 Å². The second kappa shape index (κ2) is 8.53. The Hall–Kier alpha value is -1.54. The normalized spacial score (nSPS) is 20.3. The summed E-state index contributed by atoms with van der Waals surface area (Å²) in [6, 6.07) is 3.87. The number of methoxy groups -OCH3 is 1. The molecule has 2 aliphatic rings. The second-order valence-electron chi connectivity index (χ2n) is 6.04. The maximum Gasteiger partial charge on any atom is 0.231 e. The summed E-state index contributed by atoms with van der Waals surface area (Å²) in [7, 11) is 3.78. The number of nitrogens with one attached hydrogen (secondary N) is 1. The Morgan fingerprint density at radius 1 is 1.25 bits per heavy atom. The third kappa shape index (κ3) is 4.51. The highest BCUT2D eigenvalue weighted by Crippen LogP contribution is 2.38. The maximum absolute atomic E-state index is 5.82. The number of morpholine rings is 1. The molecular weight excluding hydrogens is 312 g/mol. The fourth-order valence-electron chi connectivity index (χ4n) is 2.83. The van der Waals surface area contributed by atoms with Crippen molar-refractivity contribution < 1.29 is 23.7 Å². The largest absolute Gasteiger partial charge is 0.491 e. The SMILES string of the molecule is COCCOc1cc2c(cc1CNCC1CN(C)CCO1)OCO2. The topological polar surface area (TPSA) is 61.4 Å². The third-order valence-corrected chi connectivity index (χ3v) is 4.13. The van der Waals surface area contributed by atoms with Gasteiger partial charge in [0.15, 0.2) is 11.5 Å². The van der Waals surface area contributed by atoms with E-state index in [0.717, 1.165) is 49.1 Å². The quantitative estimate of drug-likeness (QED) is 0.706. The van der Waals surface area contributed by atoms with Crippen LogP contribution < -0.4 is 19.5 Å². The average Bonchev–Trinajstić information content (AvgIpc) is 3.02. The highest BCUT2D eigenvalue weighted by Gasteiger charge is 2.20. The molecule has 7 heteroatoms. The van der Waals surface area contributed by atoms with Crippen molar-refractivity contribution in [2.75, 3.05) is 60.4 Å². The van der Waals surface area contributed by atoms with Crippen LogP contribution in [0.25, 0.3) is 0 Å². The standard InChI is InChI=1S/C17H26N2O5/c1-19-3-4-21-14(11-19)10-18-9-13-7-16-17(24-12-23-16)8-15(13)22-6-5-20-2/h7-8,14,18H,3-6,9-12H2,1-2H3. The molecule has 7 nitrogen and oxygen atoms in total. The Morgan fingerprint density at radius 3 is 2.88 bits per heavy atom. The van der Waals surface area contributed by atoms with Crippen molar-refractivity contribution in [1.29, 1.82) is 0 Å². The highest BCUT2D eigenvalue weighted by atomic mass is 16.7. The van der Waals surface area contributed by atoms with Gasteiger partial charge in [-0.1, -0.05) is 0 Å². The van der Waals surface area contributed by atoms with Crippen LogP contribution in [0.4, 0.5) is 0 Å². The van der Waals surface area contributed by atoms with E-state index < -0.39 is 0 Å². The zero-order valence-corrected chi connectivity index (χ0v) is 14.4. The van der Waals surface area contributed by atoms with Crippen molar-refractivity contribution >= 4 is 0 Å². The van der Waals surface area contributed by atoms with Gasteiger partial charge in [0, 0.05) is 44.9 Å². The monoisotopic (exact) mass is 338 g/mol. The first-order valence-electron chi connectivity index (χ1n) is 8.31. The minimum Gasteiger partial charge on any atom is -0.491 e. The predicted octanol–water partition coefficient (Wildman–Crippen LogP) is 0.861. The van der Waals surface area contributed by atoms with Gasteiger partial charge in [0.25, 0.3) is 0 Å². The van der Waals surface area contributed by atoms with Gasteiger partial charge in [-0.05, 0) is 13.1 Å². The van der Waals surface area contributed by atoms with Crippen LogP contribution in [-0.4, -0.2) is 71.4 Å². The molecule has 1 aromatic carbocycles. The highest BCUT2D eigenvalue weighted by molar-refractivity contribution is 5.51. The lowest BCUT2D eigenvalue weighted by Crippen LogP contribution is -2.44. The smallest absolute Gasteiger partial charge is 0.231 e. The first-order chi connectivity index (χ1) is 11.8. The number of hydrogen-bond donors (Lipinski definition) is 1. The van der Waals surface area contributed by atoms with Gasteiger partial charge in [-0.2, -0.15) is 0 Å². The lowest BCUT2D eigenvalue weighted by atomic mass is 10.1. The van der Waals surface area contributed by atoms with E-state index in [-0.39, 0.29) is 12.9 Å². The van der Waals surface area contributed by atoms with Gasteiger partial charge in [-0.25, -0.2) is 0 Å². The van der Waals surface area contributed by atoms with Crippen LogP contribution in [0.5, 0.6) is 17.2 Å². The van der Waals surface area contributed by atoms with Gasteiger partial charge in [-0.15, -0.1) is 0 Å². The summed E-state index contributed by atoms with van der Waals surface area (Å²) in [6.45, 7) is 5.52. The van der Waals surface area contributed by atoms with Gasteiger partial charge in [-0.3, -0.25) is 0 Å². The fraction of sp³-hybridized carbons (Fsp3) is 0.647. The lowest BCUT2D eigenvalue weighted by molar-refractivity contribution is -0.0182. The molecule has 1 aromatic rings. The van der Waals surface area contributed by atoms with E-state index in [1.807, 2.05) is 12.1 Å². The molecule has 134 valence electrons. The summed E-state index contributed by atoms with van der Waals surface area (Å²) >= 11 is 0. The molecule has 1 fully saturated rings. The fourth-order valence-corrected chi connectivity index (χ4v) is 2.83. The molecule has 0 spiro atoms. The molecule has 2 aliphatic heterocycles. The molecule has 24 heavy (non-hydrogen) atoms. The van der Waals surface area contributed by atoms with Crippen molar-refractivity contribution in [2.24, 2.45) is 0 Å². The summed E-state index contributed by atoms with van der Waals surface area (Å²) < 4.78 is 27.5. The average molecular weight is 338 g/mol. The van der Waals surface area contributed by atoms with Gasteiger partial charge in [0.1, 0.15) is 12.4 Å². The number of rotatable bonds is 8. The zero-order valence-electron chi connectivity index (χ0n) is 14.4. The summed E-state index contributed by atoms with van der Waals surface area (Å²) in [6.07, 6.45) is 0.218. The van der Waals surface area contributed by atoms with Gasteiger partial charge < -0.3 is 33.9 Å². The molecule has 0 bridgehead atoms. The van der Waals surface area contributed by atoms with E-state index in [1.54, 1.807) is 7.11 Å². The van der Waals surface area contributed by atoms with Crippen LogP contribution in [0.3, 0.4) is 0 Å². The van der Waals surface area contributed by atoms with Crippen LogP contribution in [0.15, 0.2) is 12.1 Å². The molecule has 1 N–H and O–H groups in total. The Labute approximate surface area is 142 Å². The minimum absolute atomic E-state index is 0.218. The van der Waals surface area contributed by atoms with Gasteiger partial charge >= 0.3 is 0 Å². The molecule has 2 heterocycles. The molecule has 0 amide bonds. The number of benzene rings is 1. The maximum atomic E-state index is 5.82. The van der Waals surface area contributed by atoms with Crippen LogP contribution in [0, 0.1) is 0 Å². The Bertz CT molecular complexity index is 540. The summed E-state index contributed by atoms with van der Waals surface area (Å²) in [5.41, 5.74) is 1.04. The van der Waals surface area contributed by atoms with Crippen molar-refractivity contribution in [3.8, 4) is 17.2 Å². The summed E-state index contributed by atoms with van der Waals surface area (Å²) in [5, 5.41) is 3.45. The lowest BCUT2D eigenvalue weighted by Gasteiger charge is -2.30. The van der Waals surface area contributed by atoms with E-state index in [1.165, 1.54) is 0 Å². The third-order valence-electron chi connectivity index (χ3n) is 4.13. The zero-order chi connectivity index (χ0) is 16.8. The minimum atomic E-state index is 0.218. The van der Waals surface area contributed by atoms with Crippen molar-refractivity contribution in [1.82, 2.24) is 10.2 Å². The Balaban J connectivity index is 1.58. The number of likely N-dealkylation sites (N-methyl/N-ethyl adjacent to an activating group) is 1. The molecule has 1 unspecified atom stereocenters. The number of nitrogens with zero attached hydrogens (tertiary/aromatic N) is 1. The van der Waals surface area contributed by atoms with E-state index in [4.69, 9.17) is 23.7 Å². The molecule has 3 rings (SSSR count). The van der Waals surface area contributed by atoms with Crippen LogP contribution >= 0.6 is 0 Å². The van der Waals surface area contributed by atoms with Crippen molar-refractivity contribution in [2.45, 2.75) is 12.6 Å². The summed E-state index contributed by atoms with van der Waals surface area (Å²) in [5.74, 6) is 2.29. The molecule has 1 atom stereocenters. The summed E-state index contributed by atoms with van der Waals surface area (Å²) in [4.78, 5) is 2.29. The van der Waals surface area contributed by atoms with Gasteiger partial charge in [0.05, 0.1) is 19.3 Å². The number of hydrogen-bond acceptors (Lipinski definition) is 7. The van der Waals surface area contributed by atoms with Crippen LogP contribution in [-0.2, 0) is 16.0 Å². The van der Waals surface area contributed by atoms with E-state index in [0.29, 0.717) is 19.8 Å². The first kappa shape index (κ1) is 17.3. The Morgan fingerprint density at radius 2 is 2.08 bits per heavy atom. The predicted molar refractivity (Wildman–Crippen MR) is 88.9 cm³/mol. The number of fused-ring (bicyclic) bond motifs is 1. The molecule has 1 saturated heterocycles. The number of ether oxygens (including phenoxy) is 5. The molecule has 0 saturated carbocycles. The van der Waals surface area contributed by atoms with Crippen LogP contribution in [0.1, 0.15) is 5.56 Å². The van der Waals surface area contributed by atoms with E-state index in [9.17, 15) is 0 Å². The molecule has 0 radical (unpaired) electrons. The van der Waals surface area contributed by atoms with Gasteiger partial charge in [0.2, 0.25) is 6.79 Å². The Kier molecular flexibility index (Phi) is 6.14. The second-order valence-corrected chi connectivity index (χ2v) is 6.04.